The van der Waals surface area contributed by atoms with Crippen LogP contribution in [0.25, 0.3) is 0 Å². The molecule has 1 rings (SSSR count). The largest absolute Gasteiger partial charge is 0.450 e. The summed E-state index contributed by atoms with van der Waals surface area (Å²) in [5.74, 6) is 1.54. The number of amides is 2. The second-order valence-corrected chi connectivity index (χ2v) is 13.2. The Hall–Kier alpha value is -4.80. The lowest BCUT2D eigenvalue weighted by molar-refractivity contribution is -0.118. The third kappa shape index (κ3) is 252. The van der Waals surface area contributed by atoms with Crippen molar-refractivity contribution in [3.63, 3.8) is 0 Å². The van der Waals surface area contributed by atoms with E-state index in [0.717, 1.165) is 37.0 Å². The van der Waals surface area contributed by atoms with Gasteiger partial charge in [0, 0.05) is 78.1 Å². The molecule has 0 aromatic heterocycles. The molecule has 0 saturated carbocycles. The average molecular weight is 1100 g/mol. The number of hydrogen-bond donors (Lipinski definition) is 6. The van der Waals surface area contributed by atoms with E-state index >= 15 is 0 Å². The molecule has 0 radical (unpaired) electrons. The molecule has 1 aromatic carbocycles. The summed E-state index contributed by atoms with van der Waals surface area (Å²) >= 11 is 0. The topological polar surface area (TPSA) is 431 Å². The summed E-state index contributed by atoms with van der Waals surface area (Å²) in [5.41, 5.74) is 10.5. The Kier molecular flexibility index (Phi) is 319. The number of carbonyl (C=O) groups is 6. The van der Waals surface area contributed by atoms with E-state index in [1.807, 2.05) is 106 Å². The highest BCUT2D eigenvalue weighted by Gasteiger charge is 2.21. The highest BCUT2D eigenvalue weighted by molar-refractivity contribution is 5.73. The van der Waals surface area contributed by atoms with Crippen LogP contribution in [0.1, 0.15) is 163 Å². The van der Waals surface area contributed by atoms with E-state index in [0.29, 0.717) is 50.9 Å². The van der Waals surface area contributed by atoms with Gasteiger partial charge in [0.2, 0.25) is 5.91 Å². The second kappa shape index (κ2) is 172. The standard InChI is InChI=1S/C10H21NO2.C10H12O2.C5H11NO.C5H12.C4H9N.C3H6O.C3H8.C2H7N.2C2H6O.C2H6.CH5N.2CH2O.2CH4.N2.2H3N.3H2O/c1-6-9(8(3)4)11(5)10(12)13-7-2;11-7-4-8-12-9-10-5-2-1-3-6-10;1-4(2)3-5(6)7;1-4-5(2)3;1-3-5-4-2;1-2-3-4;4*1-3-2;4*1-2;;;1-2;;;;;/h8-9H,6-7H2,1-5H3;1-3,5-7H,4,8-9H2;4H,3H2,1-2H3,(H2,6,7);5H,4H2,1-3H3;3,5H,1,4H2,2H3;3H,2H2,1H3;3H2,1-2H3;3H,1-2H3;2*1-2H3;1-2H3;2H2,1H3;2*1H2;2*1H4;;2*1H3;3*1H2/t9-;;;;;;;;;;;;;;;;;;;;;/m1...................../s1. The van der Waals surface area contributed by atoms with Crippen molar-refractivity contribution in [1.29, 1.82) is 10.8 Å². The first-order valence-corrected chi connectivity index (χ1v) is 23.1. The first-order valence-electron chi connectivity index (χ1n) is 23.1. The van der Waals surface area contributed by atoms with Gasteiger partial charge in [-0.25, -0.2) is 4.79 Å². The molecule has 0 aliphatic heterocycles. The van der Waals surface area contributed by atoms with Crippen molar-refractivity contribution in [3.05, 3.63) is 48.7 Å². The van der Waals surface area contributed by atoms with Crippen molar-refractivity contribution in [2.24, 2.45) is 29.2 Å². The number of carbonyl (C=O) groups excluding carboxylic acids is 6. The maximum absolute atomic E-state index is 11.4. The minimum atomic E-state index is -0.219. The predicted octanol–water partition coefficient (Wildman–Crippen LogP) is 9.37. The van der Waals surface area contributed by atoms with Gasteiger partial charge in [-0.2, -0.15) is 0 Å². The molecular weight excluding hydrogens is 971 g/mol. The van der Waals surface area contributed by atoms with Gasteiger partial charge in [0.25, 0.3) is 0 Å². The molecule has 18 N–H and O–H groups in total. The molecule has 0 spiro atoms. The van der Waals surface area contributed by atoms with Gasteiger partial charge in [-0.3, -0.25) is 4.79 Å². The fraction of sp³-hybridized carbons (Fsp3) is 0.736. The van der Waals surface area contributed by atoms with Gasteiger partial charge >= 0.3 is 6.09 Å². The predicted molar refractivity (Wildman–Crippen MR) is 325 cm³/mol. The Morgan fingerprint density at radius 2 is 1.05 bits per heavy atom. The zero-order chi connectivity index (χ0) is 57.6. The Morgan fingerprint density at radius 1 is 0.733 bits per heavy atom. The van der Waals surface area contributed by atoms with Gasteiger partial charge in [-0.15, -0.1) is 0 Å². The number of rotatable bonds is 15. The number of primary amides is 1. The lowest BCUT2D eigenvalue weighted by atomic mass is 10.0. The Morgan fingerprint density at radius 3 is 1.21 bits per heavy atom. The normalized spacial score (nSPS) is 7.32. The molecule has 22 heteroatoms. The Balaban J connectivity index is -0.0000000230. The molecular formula is C53H133N9O13. The van der Waals surface area contributed by atoms with Gasteiger partial charge in [-0.05, 0) is 70.9 Å². The summed E-state index contributed by atoms with van der Waals surface area (Å²) in [4.78, 5) is 58.2. The molecule has 0 unspecified atom stereocenters. The van der Waals surface area contributed by atoms with E-state index in [2.05, 4.69) is 87.8 Å². The molecule has 0 heterocycles. The summed E-state index contributed by atoms with van der Waals surface area (Å²) in [7, 11) is 13.5. The van der Waals surface area contributed by atoms with Crippen LogP contribution in [-0.4, -0.2) is 142 Å². The van der Waals surface area contributed by atoms with E-state index in [9.17, 15) is 19.2 Å². The van der Waals surface area contributed by atoms with Crippen molar-refractivity contribution in [1.82, 2.24) is 27.8 Å². The van der Waals surface area contributed by atoms with Crippen LogP contribution in [0, 0.1) is 28.5 Å². The quantitative estimate of drug-likeness (QED) is 0.0541. The molecule has 468 valence electrons. The van der Waals surface area contributed by atoms with Gasteiger partial charge in [0.15, 0.2) is 0 Å². The number of aldehydes is 2. The molecule has 1 atom stereocenters. The van der Waals surface area contributed by atoms with Crippen molar-refractivity contribution >= 4 is 38.2 Å². The molecule has 0 aliphatic rings. The zero-order valence-electron chi connectivity index (χ0n) is 51.1. The molecule has 1 aromatic rings. The first-order chi connectivity index (χ1) is 32.4. The van der Waals surface area contributed by atoms with Crippen molar-refractivity contribution in [2.45, 2.75) is 170 Å². The van der Waals surface area contributed by atoms with Gasteiger partial charge in [0.05, 0.1) is 19.8 Å². The van der Waals surface area contributed by atoms with Crippen LogP contribution in [0.4, 0.5) is 4.79 Å². The van der Waals surface area contributed by atoms with E-state index in [4.69, 9.17) is 35.6 Å². The van der Waals surface area contributed by atoms with E-state index in [1.54, 1.807) is 46.6 Å². The average Bonchev–Trinajstić information content (AvgIpc) is 3.33. The van der Waals surface area contributed by atoms with Crippen LogP contribution in [0.2, 0.25) is 0 Å². The minimum absolute atomic E-state index is 0. The second-order valence-electron chi connectivity index (χ2n) is 13.2. The Labute approximate surface area is 463 Å². The van der Waals surface area contributed by atoms with E-state index in [1.165, 1.54) is 19.9 Å². The molecule has 0 bridgehead atoms. The third-order valence-corrected chi connectivity index (χ3v) is 5.67. The van der Waals surface area contributed by atoms with Gasteiger partial charge < -0.3 is 93.9 Å². The summed E-state index contributed by atoms with van der Waals surface area (Å²) in [5, 5.41) is 17.6. The number of methoxy groups -OCH3 is 2. The fourth-order valence-electron chi connectivity index (χ4n) is 3.00. The van der Waals surface area contributed by atoms with Crippen molar-refractivity contribution < 1.29 is 64.1 Å². The smallest absolute Gasteiger partial charge is 0.409 e. The van der Waals surface area contributed by atoms with Crippen LogP contribution in [0.15, 0.2) is 43.1 Å². The lowest BCUT2D eigenvalue weighted by Gasteiger charge is -2.29. The maximum Gasteiger partial charge on any atom is 0.409 e. The molecule has 0 saturated heterocycles. The zero-order valence-corrected chi connectivity index (χ0v) is 51.1. The summed E-state index contributed by atoms with van der Waals surface area (Å²) < 4.78 is 18.7. The first kappa shape index (κ1) is 139. The third-order valence-electron chi connectivity index (χ3n) is 5.67. The minimum Gasteiger partial charge on any atom is -0.450 e. The summed E-state index contributed by atoms with van der Waals surface area (Å²) in [6.07, 6.45) is 8.34. The molecule has 22 nitrogen and oxygen atoms in total. The molecule has 75 heavy (non-hydrogen) atoms. The van der Waals surface area contributed by atoms with Gasteiger partial charge in [-0.1, -0.05) is 155 Å². The highest BCUT2D eigenvalue weighted by atomic mass is 16.6. The van der Waals surface area contributed by atoms with Gasteiger partial charge in [0.1, 0.15) is 26.2 Å². The maximum atomic E-state index is 11.4. The number of ether oxygens (including phenoxy) is 4. The summed E-state index contributed by atoms with van der Waals surface area (Å²) in [6, 6.07) is 10.2. The van der Waals surface area contributed by atoms with Crippen LogP contribution in [0.5, 0.6) is 0 Å². The van der Waals surface area contributed by atoms with Crippen LogP contribution >= 0.6 is 0 Å². The number of nitrogens with one attached hydrogen (secondary N) is 2. The number of nitrogens with zero attached hydrogens (tertiary/aromatic N) is 3. The van der Waals surface area contributed by atoms with Crippen molar-refractivity contribution in [3.8, 4) is 0 Å². The van der Waals surface area contributed by atoms with E-state index in [-0.39, 0.29) is 61.6 Å². The molecule has 2 amide bonds. The number of hydrogen-bond acceptors (Lipinski definition) is 17. The summed E-state index contributed by atoms with van der Waals surface area (Å²) in [6.45, 7) is 40.8. The highest BCUT2D eigenvalue weighted by Crippen LogP contribution is 2.13. The Bertz CT molecular complexity index is 969. The monoisotopic (exact) mass is 1100 g/mol. The molecule has 0 fully saturated rings. The number of nitrogens with two attached hydrogens (primary N) is 2. The van der Waals surface area contributed by atoms with E-state index < -0.39 is 0 Å². The number of benzene rings is 1. The van der Waals surface area contributed by atoms with Crippen LogP contribution < -0.4 is 34.4 Å². The van der Waals surface area contributed by atoms with Crippen molar-refractivity contribution in [2.75, 3.05) is 76.4 Å². The molecule has 0 aliphatic carbocycles. The lowest BCUT2D eigenvalue weighted by Crippen LogP contribution is -2.40. The fourth-order valence-corrected chi connectivity index (χ4v) is 3.00. The SMILES string of the molecule is C.C.C=CNCC.C=O.C=O.CC.CC(C)CC(N)=O.CCC.CCC(C)C.CCC=O.CCOC(=O)N(C)[C@H](CC)C(C)C.CN.CNC.COC.COC.N.N.N#N.O.O.O.O=CCCOCc1ccccc1. The van der Waals surface area contributed by atoms with Crippen LogP contribution in [-0.2, 0) is 49.5 Å². The van der Waals surface area contributed by atoms with Crippen LogP contribution in [0.3, 0.4) is 0 Å².